The van der Waals surface area contributed by atoms with Crippen molar-refractivity contribution in [3.8, 4) is 0 Å². The standard InChI is InChI=1S/C19H23N3O/c1-21(15-12-16-8-5-6-13-20-16)18-11-7-14-22(19(18)23)17-9-3-2-4-10-17/h2-6,8-10,13,18H,7,11-12,14-15H2,1H3. The van der Waals surface area contributed by atoms with Crippen LogP contribution in [0, 0.1) is 0 Å². The van der Waals surface area contributed by atoms with E-state index in [1.165, 1.54) is 0 Å². The van der Waals surface area contributed by atoms with Gasteiger partial charge in [0.25, 0.3) is 0 Å². The summed E-state index contributed by atoms with van der Waals surface area (Å²) in [6, 6.07) is 15.9. The molecule has 1 unspecified atom stereocenters. The normalized spacial score (nSPS) is 18.4. The van der Waals surface area contributed by atoms with E-state index in [0.29, 0.717) is 0 Å². The number of rotatable bonds is 5. The molecular formula is C19H23N3O. The predicted octanol–water partition coefficient (Wildman–Crippen LogP) is 2.75. The van der Waals surface area contributed by atoms with Crippen molar-refractivity contribution in [2.45, 2.75) is 25.3 Å². The van der Waals surface area contributed by atoms with Crippen LogP contribution >= 0.6 is 0 Å². The summed E-state index contributed by atoms with van der Waals surface area (Å²) in [5, 5.41) is 0. The van der Waals surface area contributed by atoms with Gasteiger partial charge in [-0.3, -0.25) is 14.7 Å². The van der Waals surface area contributed by atoms with Gasteiger partial charge in [-0.05, 0) is 44.2 Å². The first-order valence-electron chi connectivity index (χ1n) is 8.22. The summed E-state index contributed by atoms with van der Waals surface area (Å²) in [6.07, 6.45) is 4.66. The van der Waals surface area contributed by atoms with Crippen LogP contribution in [0.15, 0.2) is 54.7 Å². The van der Waals surface area contributed by atoms with E-state index in [1.54, 1.807) is 0 Å². The number of para-hydroxylation sites is 1. The molecule has 1 amide bonds. The summed E-state index contributed by atoms with van der Waals surface area (Å²) in [6.45, 7) is 1.66. The lowest BCUT2D eigenvalue weighted by Crippen LogP contribution is -2.51. The highest BCUT2D eigenvalue weighted by atomic mass is 16.2. The second kappa shape index (κ2) is 7.38. The smallest absolute Gasteiger partial charge is 0.244 e. The molecule has 0 aliphatic carbocycles. The molecule has 2 aromatic rings. The van der Waals surface area contributed by atoms with Gasteiger partial charge in [0.15, 0.2) is 0 Å². The minimum Gasteiger partial charge on any atom is -0.311 e. The topological polar surface area (TPSA) is 36.4 Å². The number of pyridine rings is 1. The van der Waals surface area contributed by atoms with Crippen LogP contribution in [-0.4, -0.2) is 42.0 Å². The van der Waals surface area contributed by atoms with E-state index >= 15 is 0 Å². The zero-order chi connectivity index (χ0) is 16.1. The van der Waals surface area contributed by atoms with E-state index in [9.17, 15) is 4.79 Å². The quantitative estimate of drug-likeness (QED) is 0.852. The largest absolute Gasteiger partial charge is 0.311 e. The molecule has 0 bridgehead atoms. The molecule has 0 spiro atoms. The highest BCUT2D eigenvalue weighted by Gasteiger charge is 2.32. The van der Waals surface area contributed by atoms with Crippen molar-refractivity contribution < 1.29 is 4.79 Å². The molecule has 1 aromatic heterocycles. The van der Waals surface area contributed by atoms with Crippen LogP contribution in [0.5, 0.6) is 0 Å². The molecule has 0 saturated carbocycles. The Morgan fingerprint density at radius 2 is 1.96 bits per heavy atom. The second-order valence-corrected chi connectivity index (χ2v) is 6.04. The zero-order valence-corrected chi connectivity index (χ0v) is 13.6. The molecule has 1 atom stereocenters. The predicted molar refractivity (Wildman–Crippen MR) is 92.4 cm³/mol. The fourth-order valence-electron chi connectivity index (χ4n) is 3.12. The number of anilines is 1. The SMILES string of the molecule is CN(CCc1ccccn1)C1CCCN(c2ccccc2)C1=O. The van der Waals surface area contributed by atoms with Crippen molar-refractivity contribution in [1.82, 2.24) is 9.88 Å². The number of carbonyl (C=O) groups excluding carboxylic acids is 1. The lowest BCUT2D eigenvalue weighted by Gasteiger charge is -2.36. The fraction of sp³-hybridized carbons (Fsp3) is 0.368. The Morgan fingerprint density at radius 1 is 1.17 bits per heavy atom. The maximum absolute atomic E-state index is 12.8. The number of hydrogen-bond acceptors (Lipinski definition) is 3. The van der Waals surface area contributed by atoms with Crippen molar-refractivity contribution in [3.63, 3.8) is 0 Å². The number of hydrogen-bond donors (Lipinski definition) is 0. The molecule has 1 fully saturated rings. The van der Waals surface area contributed by atoms with Crippen LogP contribution in [0.2, 0.25) is 0 Å². The minimum absolute atomic E-state index is 0.0346. The van der Waals surface area contributed by atoms with Crippen molar-refractivity contribution in [2.75, 3.05) is 25.0 Å². The number of benzene rings is 1. The molecule has 1 aromatic carbocycles. The van der Waals surface area contributed by atoms with Gasteiger partial charge in [0.1, 0.15) is 0 Å². The zero-order valence-electron chi connectivity index (χ0n) is 13.6. The molecular weight excluding hydrogens is 286 g/mol. The Labute approximate surface area is 137 Å². The minimum atomic E-state index is -0.0346. The Hall–Kier alpha value is -2.20. The summed E-state index contributed by atoms with van der Waals surface area (Å²) in [4.78, 5) is 21.3. The van der Waals surface area contributed by atoms with E-state index in [0.717, 1.165) is 43.7 Å². The van der Waals surface area contributed by atoms with Gasteiger partial charge in [0.05, 0.1) is 6.04 Å². The first kappa shape index (κ1) is 15.7. The Morgan fingerprint density at radius 3 is 2.70 bits per heavy atom. The van der Waals surface area contributed by atoms with Crippen molar-refractivity contribution in [3.05, 3.63) is 60.4 Å². The van der Waals surface area contributed by atoms with E-state index in [1.807, 2.05) is 66.7 Å². The van der Waals surface area contributed by atoms with Gasteiger partial charge in [0, 0.05) is 37.1 Å². The van der Waals surface area contributed by atoms with Gasteiger partial charge in [-0.25, -0.2) is 0 Å². The van der Waals surface area contributed by atoms with Gasteiger partial charge >= 0.3 is 0 Å². The summed E-state index contributed by atoms with van der Waals surface area (Å²) in [5.41, 5.74) is 2.07. The van der Waals surface area contributed by atoms with Crippen LogP contribution in [0.4, 0.5) is 5.69 Å². The van der Waals surface area contributed by atoms with Gasteiger partial charge in [-0.1, -0.05) is 24.3 Å². The molecule has 1 aliphatic heterocycles. The Kier molecular flexibility index (Phi) is 5.03. The molecule has 23 heavy (non-hydrogen) atoms. The fourth-order valence-corrected chi connectivity index (χ4v) is 3.12. The highest BCUT2D eigenvalue weighted by Crippen LogP contribution is 2.23. The number of piperidine rings is 1. The summed E-state index contributed by atoms with van der Waals surface area (Å²) < 4.78 is 0. The van der Waals surface area contributed by atoms with Gasteiger partial charge in [-0.2, -0.15) is 0 Å². The third kappa shape index (κ3) is 3.77. The maximum Gasteiger partial charge on any atom is 0.244 e. The Balaban J connectivity index is 1.63. The average Bonchev–Trinajstić information content (AvgIpc) is 2.61. The molecule has 120 valence electrons. The monoisotopic (exact) mass is 309 g/mol. The maximum atomic E-state index is 12.8. The van der Waals surface area contributed by atoms with Crippen LogP contribution in [0.1, 0.15) is 18.5 Å². The number of carbonyl (C=O) groups is 1. The number of aromatic nitrogens is 1. The molecule has 2 heterocycles. The van der Waals surface area contributed by atoms with Crippen molar-refractivity contribution in [2.24, 2.45) is 0 Å². The number of nitrogens with zero attached hydrogens (tertiary/aromatic N) is 3. The van der Waals surface area contributed by atoms with Gasteiger partial charge in [0.2, 0.25) is 5.91 Å². The van der Waals surface area contributed by atoms with E-state index < -0.39 is 0 Å². The van der Waals surface area contributed by atoms with E-state index in [-0.39, 0.29) is 11.9 Å². The summed E-state index contributed by atoms with van der Waals surface area (Å²) in [5.74, 6) is 0.214. The molecule has 4 nitrogen and oxygen atoms in total. The second-order valence-electron chi connectivity index (χ2n) is 6.04. The molecule has 1 saturated heterocycles. The lowest BCUT2D eigenvalue weighted by molar-refractivity contribution is -0.124. The first-order chi connectivity index (χ1) is 11.3. The summed E-state index contributed by atoms with van der Waals surface area (Å²) in [7, 11) is 2.04. The van der Waals surface area contributed by atoms with Crippen LogP contribution in [0.25, 0.3) is 0 Å². The van der Waals surface area contributed by atoms with Crippen molar-refractivity contribution in [1.29, 1.82) is 0 Å². The van der Waals surface area contributed by atoms with Crippen LogP contribution in [-0.2, 0) is 11.2 Å². The lowest BCUT2D eigenvalue weighted by atomic mass is 10.0. The van der Waals surface area contributed by atoms with E-state index in [4.69, 9.17) is 0 Å². The van der Waals surface area contributed by atoms with Crippen LogP contribution in [0.3, 0.4) is 0 Å². The van der Waals surface area contributed by atoms with E-state index in [2.05, 4.69) is 9.88 Å². The van der Waals surface area contributed by atoms with Gasteiger partial charge < -0.3 is 4.90 Å². The number of amides is 1. The molecule has 4 heteroatoms. The highest BCUT2D eigenvalue weighted by molar-refractivity contribution is 5.97. The summed E-state index contributed by atoms with van der Waals surface area (Å²) >= 11 is 0. The van der Waals surface area contributed by atoms with Crippen LogP contribution < -0.4 is 4.90 Å². The molecule has 3 rings (SSSR count). The molecule has 0 radical (unpaired) electrons. The molecule has 1 aliphatic rings. The van der Waals surface area contributed by atoms with Crippen molar-refractivity contribution >= 4 is 11.6 Å². The molecule has 0 N–H and O–H groups in total. The number of likely N-dealkylation sites (N-methyl/N-ethyl adjacent to an activating group) is 1. The average molecular weight is 309 g/mol. The van der Waals surface area contributed by atoms with Gasteiger partial charge in [-0.15, -0.1) is 0 Å². The third-order valence-electron chi connectivity index (χ3n) is 4.46. The Bertz CT molecular complexity index is 630. The third-order valence-corrected chi connectivity index (χ3v) is 4.46. The first-order valence-corrected chi connectivity index (χ1v) is 8.22.